The highest BCUT2D eigenvalue weighted by Crippen LogP contribution is 2.31. The Kier molecular flexibility index (Phi) is 5.01. The monoisotopic (exact) mass is 404 g/mol. The van der Waals surface area contributed by atoms with Crippen LogP contribution in [0.15, 0.2) is 36.4 Å². The van der Waals surface area contributed by atoms with Gasteiger partial charge in [-0.3, -0.25) is 10.1 Å². The molecule has 1 N–H and O–H groups in total. The molecule has 1 amide bonds. The lowest BCUT2D eigenvalue weighted by Crippen LogP contribution is -2.19. The van der Waals surface area contributed by atoms with Gasteiger partial charge in [0.15, 0.2) is 11.7 Å². The zero-order chi connectivity index (χ0) is 18.9. The molecule has 0 spiro atoms. The number of thiazole rings is 1. The van der Waals surface area contributed by atoms with Gasteiger partial charge < -0.3 is 4.74 Å². The molecule has 0 aliphatic heterocycles. The Hall–Kier alpha value is -2.39. The van der Waals surface area contributed by atoms with Crippen LogP contribution in [0.25, 0.3) is 10.2 Å². The minimum absolute atomic E-state index is 0.0218. The number of alkyl halides is 3. The Labute approximate surface area is 153 Å². The number of anilines is 1. The molecule has 3 rings (SSSR count). The van der Waals surface area contributed by atoms with E-state index in [1.54, 1.807) is 0 Å². The summed E-state index contributed by atoms with van der Waals surface area (Å²) in [5, 5.41) is 2.53. The van der Waals surface area contributed by atoms with E-state index in [0.29, 0.717) is 10.2 Å². The van der Waals surface area contributed by atoms with Gasteiger partial charge in [0.05, 0.1) is 20.8 Å². The maximum absolute atomic E-state index is 13.8. The van der Waals surface area contributed by atoms with Crippen molar-refractivity contribution in [1.82, 2.24) is 4.98 Å². The van der Waals surface area contributed by atoms with Gasteiger partial charge in [-0.05, 0) is 30.3 Å². The summed E-state index contributed by atoms with van der Waals surface area (Å²) in [5.74, 6) is -1.53. The van der Waals surface area contributed by atoms with Crippen molar-refractivity contribution >= 4 is 44.2 Å². The van der Waals surface area contributed by atoms with Gasteiger partial charge in [0.1, 0.15) is 11.6 Å². The van der Waals surface area contributed by atoms with Crippen molar-refractivity contribution in [3.63, 3.8) is 0 Å². The van der Waals surface area contributed by atoms with E-state index in [9.17, 15) is 22.4 Å². The first-order chi connectivity index (χ1) is 12.2. The van der Waals surface area contributed by atoms with Gasteiger partial charge in [0.2, 0.25) is 0 Å². The van der Waals surface area contributed by atoms with Gasteiger partial charge in [-0.2, -0.15) is 13.2 Å². The average Bonchev–Trinajstić information content (AvgIpc) is 2.93. The van der Waals surface area contributed by atoms with E-state index < -0.39 is 24.5 Å². The van der Waals surface area contributed by atoms with Gasteiger partial charge in [0, 0.05) is 0 Å². The number of rotatable bonds is 4. The first-order valence-corrected chi connectivity index (χ1v) is 8.28. The number of nitrogens with zero attached hydrogens (tertiary/aromatic N) is 1. The number of benzene rings is 2. The third-order valence-electron chi connectivity index (χ3n) is 3.17. The highest BCUT2D eigenvalue weighted by atomic mass is 35.5. The quantitative estimate of drug-likeness (QED) is 0.602. The van der Waals surface area contributed by atoms with Gasteiger partial charge in [-0.25, -0.2) is 9.37 Å². The fraction of sp³-hybridized carbons (Fsp3) is 0.125. The minimum Gasteiger partial charge on any atom is -0.484 e. The number of carbonyl (C=O) groups is 1. The van der Waals surface area contributed by atoms with Crippen molar-refractivity contribution in [2.24, 2.45) is 0 Å². The highest BCUT2D eigenvalue weighted by molar-refractivity contribution is 7.22. The van der Waals surface area contributed by atoms with Crippen LogP contribution in [0.3, 0.4) is 0 Å². The number of hydrogen-bond acceptors (Lipinski definition) is 4. The van der Waals surface area contributed by atoms with E-state index in [2.05, 4.69) is 15.0 Å². The molecule has 0 unspecified atom stereocenters. The molecular formula is C16H9ClF4N2O2S. The third-order valence-corrected chi connectivity index (χ3v) is 4.42. The van der Waals surface area contributed by atoms with Crippen LogP contribution >= 0.6 is 22.9 Å². The maximum Gasteiger partial charge on any atom is 0.422 e. The van der Waals surface area contributed by atoms with Crippen molar-refractivity contribution in [2.75, 3.05) is 11.9 Å². The number of hydrogen-bond donors (Lipinski definition) is 1. The summed E-state index contributed by atoms with van der Waals surface area (Å²) in [6, 6.07) is 8.03. The van der Waals surface area contributed by atoms with Crippen LogP contribution < -0.4 is 10.1 Å². The minimum atomic E-state index is -4.44. The van der Waals surface area contributed by atoms with Crippen LogP contribution in [0.4, 0.5) is 22.7 Å². The smallest absolute Gasteiger partial charge is 0.422 e. The van der Waals surface area contributed by atoms with Crippen molar-refractivity contribution in [3.05, 3.63) is 52.8 Å². The molecule has 0 saturated carbocycles. The van der Waals surface area contributed by atoms with E-state index in [-0.39, 0.29) is 21.5 Å². The summed E-state index contributed by atoms with van der Waals surface area (Å²) < 4.78 is 55.6. The van der Waals surface area contributed by atoms with Gasteiger partial charge in [-0.1, -0.05) is 29.0 Å². The van der Waals surface area contributed by atoms with Crippen molar-refractivity contribution in [3.8, 4) is 5.75 Å². The second-order valence-electron chi connectivity index (χ2n) is 5.10. The molecule has 1 aromatic heterocycles. The number of nitrogens with one attached hydrogen (secondary N) is 1. The van der Waals surface area contributed by atoms with Crippen LogP contribution in [-0.4, -0.2) is 23.7 Å². The predicted molar refractivity (Wildman–Crippen MR) is 90.5 cm³/mol. The van der Waals surface area contributed by atoms with Crippen LogP contribution in [-0.2, 0) is 0 Å². The average molecular weight is 405 g/mol. The Morgan fingerprint density at radius 2 is 2.04 bits per heavy atom. The lowest BCUT2D eigenvalue weighted by molar-refractivity contribution is -0.153. The van der Waals surface area contributed by atoms with E-state index in [1.165, 1.54) is 30.3 Å². The molecule has 3 aromatic rings. The molecule has 0 aliphatic rings. The molecule has 0 atom stereocenters. The van der Waals surface area contributed by atoms with Crippen LogP contribution in [0, 0.1) is 5.82 Å². The van der Waals surface area contributed by atoms with Crippen molar-refractivity contribution in [2.45, 2.75) is 6.18 Å². The number of ether oxygens (including phenoxy) is 1. The van der Waals surface area contributed by atoms with E-state index in [0.717, 1.165) is 17.4 Å². The standard InChI is InChI=1S/C16H9ClF4N2O2S/c17-9-2-1-3-10(18)13(9)14(24)23-15-22-11-5-4-8(6-12(11)26-15)25-7-16(19,20)21/h1-6H,7H2,(H,22,23,24). The lowest BCUT2D eigenvalue weighted by Gasteiger charge is -2.08. The summed E-state index contributed by atoms with van der Waals surface area (Å²) >= 11 is 6.85. The van der Waals surface area contributed by atoms with Crippen LogP contribution in [0.1, 0.15) is 10.4 Å². The van der Waals surface area contributed by atoms with Gasteiger partial charge >= 0.3 is 6.18 Å². The SMILES string of the molecule is O=C(Nc1nc2ccc(OCC(F)(F)F)cc2s1)c1c(F)cccc1Cl. The summed E-state index contributed by atoms with van der Waals surface area (Å²) in [5.41, 5.74) is 0.131. The number of halogens is 5. The Balaban J connectivity index is 1.80. The molecular weight excluding hydrogens is 396 g/mol. The molecule has 0 fully saturated rings. The largest absolute Gasteiger partial charge is 0.484 e. The number of aromatic nitrogens is 1. The summed E-state index contributed by atoms with van der Waals surface area (Å²) in [6.45, 7) is -1.41. The van der Waals surface area contributed by atoms with Gasteiger partial charge in [-0.15, -0.1) is 0 Å². The Morgan fingerprint density at radius 3 is 2.73 bits per heavy atom. The molecule has 1 heterocycles. The highest BCUT2D eigenvalue weighted by Gasteiger charge is 2.28. The summed E-state index contributed by atoms with van der Waals surface area (Å²) in [7, 11) is 0. The van der Waals surface area contributed by atoms with Crippen LogP contribution in [0.2, 0.25) is 5.02 Å². The predicted octanol–water partition coefficient (Wildman–Crippen LogP) is 5.28. The van der Waals surface area contributed by atoms with Gasteiger partial charge in [0.25, 0.3) is 5.91 Å². The first kappa shape index (κ1) is 18.4. The summed E-state index contributed by atoms with van der Waals surface area (Å²) in [4.78, 5) is 16.3. The molecule has 26 heavy (non-hydrogen) atoms. The summed E-state index contributed by atoms with van der Waals surface area (Å²) in [6.07, 6.45) is -4.44. The maximum atomic E-state index is 13.8. The molecule has 136 valence electrons. The van der Waals surface area contributed by atoms with E-state index in [1.807, 2.05) is 0 Å². The molecule has 10 heteroatoms. The molecule has 0 bridgehead atoms. The first-order valence-electron chi connectivity index (χ1n) is 7.08. The number of fused-ring (bicyclic) bond motifs is 1. The Bertz CT molecular complexity index is 954. The van der Waals surface area contributed by atoms with E-state index in [4.69, 9.17) is 11.6 Å². The number of carbonyl (C=O) groups excluding carboxylic acids is 1. The Morgan fingerprint density at radius 1 is 1.27 bits per heavy atom. The lowest BCUT2D eigenvalue weighted by atomic mass is 10.2. The fourth-order valence-electron chi connectivity index (χ4n) is 2.09. The molecule has 4 nitrogen and oxygen atoms in total. The normalized spacial score (nSPS) is 11.6. The van der Waals surface area contributed by atoms with Crippen molar-refractivity contribution < 1.29 is 27.1 Å². The zero-order valence-corrected chi connectivity index (χ0v) is 14.3. The molecule has 2 aromatic carbocycles. The number of amides is 1. The van der Waals surface area contributed by atoms with E-state index >= 15 is 0 Å². The topological polar surface area (TPSA) is 51.2 Å². The molecule has 0 aliphatic carbocycles. The van der Waals surface area contributed by atoms with Crippen molar-refractivity contribution in [1.29, 1.82) is 0 Å². The van der Waals surface area contributed by atoms with Crippen LogP contribution in [0.5, 0.6) is 5.75 Å². The third kappa shape index (κ3) is 4.23. The molecule has 0 saturated heterocycles. The molecule has 0 radical (unpaired) electrons. The fourth-order valence-corrected chi connectivity index (χ4v) is 3.23. The second kappa shape index (κ2) is 7.08. The second-order valence-corrected chi connectivity index (χ2v) is 6.54. The zero-order valence-electron chi connectivity index (χ0n) is 12.7.